The highest BCUT2D eigenvalue weighted by molar-refractivity contribution is 7.61. The molecular weight excluding hydrogens is 1530 g/mol. The molecule has 13 atom stereocenters. The number of carboxylic acids is 2. The zero-order chi connectivity index (χ0) is 87.7. The average molecular weight is 1670 g/mol. The summed E-state index contributed by atoms with van der Waals surface area (Å²) in [6.45, 7) is 30.6. The average Bonchev–Trinajstić information content (AvgIpc) is 0.782. The standard InChI is InChI=1S/C86H143N7O21P2/c1-57(2)30-20-31-58(3)32-21-33-59(4)34-22-35-60(5)36-23-37-61(6)38-24-39-62(7)40-25-41-63(8)42-26-43-64(9)44-27-45-65(10)46-28-47-66(11)48-29-49-67(12)53-55-110-115(106,107)114-116(108,109)113-86-77(91-72(17)95)79(78(97)75(56-94)112-86)111-71(16)82(100)88-69(14)81(99)93-74(85(104)105)51-52-76(96)92-73(50-18-19-54-87)83(101)89-68(13)80(98)90-70(15)84(102)103/h30,32,34,36,38,40,42,44,46,48,53,68-71,73-75,77-79,86,94,97H,18-29,31,33,35,37,39,41,43,45,47,49-52,54-56,87H2,1-17H3,(H,88,100)(H,89,101)(H,90,98)(H,91,95)(H,92,96)(H,93,99)(H,102,103)(H,104,105)(H,106,107)(H,108,109)/b58-32+,59-34+,60-36-,61-38-,62-40-,63-42-,64-44-,65-46-,66-48-,67-53-/t68-,69+,70-,71-,73+,74-,75-,77-,78-,79-,86-/m1/s1. The molecule has 28 nitrogen and oxygen atoms in total. The van der Waals surface area contributed by atoms with E-state index in [1.54, 1.807) is 6.92 Å². The van der Waals surface area contributed by atoms with Gasteiger partial charge in [-0.1, -0.05) is 128 Å². The maximum Gasteiger partial charge on any atom is 0.483 e. The van der Waals surface area contributed by atoms with E-state index in [1.807, 2.05) is 0 Å². The lowest BCUT2D eigenvalue weighted by Gasteiger charge is -2.44. The van der Waals surface area contributed by atoms with Crippen LogP contribution in [0, 0.1) is 0 Å². The van der Waals surface area contributed by atoms with E-state index in [9.17, 15) is 72.6 Å². The maximum absolute atomic E-state index is 13.5. The van der Waals surface area contributed by atoms with Crippen molar-refractivity contribution in [2.24, 2.45) is 5.73 Å². The highest BCUT2D eigenvalue weighted by atomic mass is 31.3. The highest BCUT2D eigenvalue weighted by Gasteiger charge is 2.51. The number of carboxylic acid groups (broad SMARTS) is 2. The van der Waals surface area contributed by atoms with E-state index in [0.717, 1.165) is 142 Å². The molecule has 0 bridgehead atoms. The molecule has 1 heterocycles. The number of phosphoric ester groups is 2. The number of amides is 6. The van der Waals surface area contributed by atoms with Gasteiger partial charge in [0.05, 0.1) is 13.2 Å². The van der Waals surface area contributed by atoms with Crippen molar-refractivity contribution in [2.45, 2.75) is 345 Å². The van der Waals surface area contributed by atoms with E-state index in [4.69, 9.17) is 29.4 Å². The van der Waals surface area contributed by atoms with Crippen molar-refractivity contribution in [3.8, 4) is 0 Å². The number of aliphatic hydroxyl groups excluding tert-OH is 2. The van der Waals surface area contributed by atoms with Crippen molar-refractivity contribution in [3.05, 3.63) is 128 Å². The zero-order valence-corrected chi connectivity index (χ0v) is 74.1. The number of ether oxygens (including phenoxy) is 2. The third-order valence-corrected chi connectivity index (χ3v) is 22.1. The van der Waals surface area contributed by atoms with Crippen molar-refractivity contribution in [2.75, 3.05) is 19.8 Å². The van der Waals surface area contributed by atoms with Gasteiger partial charge in [0.25, 0.3) is 0 Å². The Hall–Kier alpha value is -7.04. The van der Waals surface area contributed by atoms with Gasteiger partial charge in [0.2, 0.25) is 35.4 Å². The van der Waals surface area contributed by atoms with Gasteiger partial charge < -0.3 is 77.3 Å². The largest absolute Gasteiger partial charge is 0.483 e. The number of rotatable bonds is 59. The molecule has 14 N–H and O–H groups in total. The van der Waals surface area contributed by atoms with Crippen molar-refractivity contribution < 1.29 is 101 Å². The van der Waals surface area contributed by atoms with E-state index in [-0.39, 0.29) is 13.0 Å². The van der Waals surface area contributed by atoms with Crippen LogP contribution in [-0.2, 0) is 70.3 Å². The number of allylic oxidation sites excluding steroid dienone is 21. The zero-order valence-electron chi connectivity index (χ0n) is 72.3. The minimum atomic E-state index is -5.74. The molecule has 1 aliphatic heterocycles. The molecule has 6 amide bonds. The van der Waals surface area contributed by atoms with E-state index in [1.165, 1.54) is 75.7 Å². The number of aliphatic hydroxyl groups is 2. The predicted octanol–water partition coefficient (Wildman–Crippen LogP) is 14.4. The summed E-state index contributed by atoms with van der Waals surface area (Å²) in [5.41, 5.74) is 20.5. The van der Waals surface area contributed by atoms with Crippen molar-refractivity contribution in [1.82, 2.24) is 31.9 Å². The van der Waals surface area contributed by atoms with E-state index in [0.29, 0.717) is 25.7 Å². The Morgan fingerprint density at radius 2 is 0.819 bits per heavy atom. The van der Waals surface area contributed by atoms with Crippen LogP contribution in [-0.4, -0.2) is 164 Å². The fraction of sp³-hybridized carbons (Fsp3) is 0.651. The van der Waals surface area contributed by atoms with Gasteiger partial charge in [-0.25, -0.2) is 13.9 Å². The molecular formula is C86H143N7O21P2. The Bertz CT molecular complexity index is 3590. The van der Waals surface area contributed by atoms with Crippen molar-refractivity contribution >= 4 is 63.0 Å². The molecule has 30 heteroatoms. The molecule has 0 radical (unpaired) electrons. The molecule has 0 aromatic rings. The number of phosphoric acid groups is 2. The first-order chi connectivity index (χ1) is 54.5. The molecule has 0 aromatic heterocycles. The van der Waals surface area contributed by atoms with Crippen LogP contribution in [0.4, 0.5) is 0 Å². The Morgan fingerprint density at radius 3 is 1.18 bits per heavy atom. The summed E-state index contributed by atoms with van der Waals surface area (Å²) < 4.78 is 52.4. The number of nitrogens with one attached hydrogen (secondary N) is 6. The molecule has 1 fully saturated rings. The molecule has 0 aliphatic carbocycles. The molecule has 658 valence electrons. The fourth-order valence-corrected chi connectivity index (χ4v) is 14.2. The Balaban J connectivity index is 2.69. The van der Waals surface area contributed by atoms with Crippen LogP contribution < -0.4 is 37.6 Å². The number of carbonyl (C=O) groups is 8. The number of aliphatic carboxylic acids is 2. The van der Waals surface area contributed by atoms with Crippen LogP contribution in [0.15, 0.2) is 128 Å². The van der Waals surface area contributed by atoms with Crippen LogP contribution in [0.25, 0.3) is 0 Å². The van der Waals surface area contributed by atoms with Gasteiger partial charge in [0, 0.05) is 13.3 Å². The summed E-state index contributed by atoms with van der Waals surface area (Å²) in [5, 5.41) is 54.4. The quantitative estimate of drug-likeness (QED) is 0.0153. The molecule has 116 heavy (non-hydrogen) atoms. The summed E-state index contributed by atoms with van der Waals surface area (Å²) in [4.78, 5) is 123. The third-order valence-electron chi connectivity index (χ3n) is 19.5. The van der Waals surface area contributed by atoms with Gasteiger partial charge in [0.15, 0.2) is 6.29 Å². The molecule has 1 aliphatic rings. The second kappa shape index (κ2) is 58.8. The molecule has 0 spiro atoms. The first-order valence-electron chi connectivity index (χ1n) is 40.9. The first kappa shape index (κ1) is 107. The topological polar surface area (TPSA) is 436 Å². The molecule has 1 rings (SSSR count). The number of nitrogens with two attached hydrogens (primary N) is 1. The number of hydrogen-bond donors (Lipinski definition) is 13. The first-order valence-corrected chi connectivity index (χ1v) is 43.9. The second-order valence-electron chi connectivity index (χ2n) is 31.1. The number of unbranched alkanes of at least 4 members (excludes halogenated alkanes) is 1. The van der Waals surface area contributed by atoms with Crippen molar-refractivity contribution in [1.29, 1.82) is 0 Å². The maximum atomic E-state index is 13.5. The van der Waals surface area contributed by atoms with Gasteiger partial charge >= 0.3 is 27.6 Å². The summed E-state index contributed by atoms with van der Waals surface area (Å²) in [6.07, 6.45) is 35.9. The predicted molar refractivity (Wildman–Crippen MR) is 455 cm³/mol. The normalized spacial score (nSPS) is 19.8. The van der Waals surface area contributed by atoms with E-state index < -0.39 is 156 Å². The Morgan fingerprint density at radius 1 is 0.448 bits per heavy atom. The fourth-order valence-electron chi connectivity index (χ4n) is 12.1. The van der Waals surface area contributed by atoms with Crippen LogP contribution >= 0.6 is 15.6 Å². The van der Waals surface area contributed by atoms with Gasteiger partial charge in [-0.2, -0.15) is 4.31 Å². The van der Waals surface area contributed by atoms with Crippen LogP contribution in [0.2, 0.25) is 0 Å². The van der Waals surface area contributed by atoms with Gasteiger partial charge in [-0.05, 0) is 271 Å². The minimum Gasteiger partial charge on any atom is -0.480 e. The summed E-state index contributed by atoms with van der Waals surface area (Å²) in [7, 11) is -11.1. The van der Waals surface area contributed by atoms with Gasteiger partial charge in [0.1, 0.15) is 60.7 Å². The number of hydrogen-bond acceptors (Lipinski definition) is 18. The molecule has 0 aromatic carbocycles. The Labute approximate surface area is 691 Å². The van der Waals surface area contributed by atoms with Crippen molar-refractivity contribution in [3.63, 3.8) is 0 Å². The summed E-state index contributed by atoms with van der Waals surface area (Å²) in [5.74, 6) is -8.33. The molecule has 2 unspecified atom stereocenters. The second-order valence-corrected chi connectivity index (χ2v) is 34.1. The lowest BCUT2D eigenvalue weighted by atomic mass is 9.96. The minimum absolute atomic E-state index is 0.0562. The van der Waals surface area contributed by atoms with Gasteiger partial charge in [-0.3, -0.25) is 42.6 Å². The summed E-state index contributed by atoms with van der Waals surface area (Å²) in [6, 6.07) is -8.76. The lowest BCUT2D eigenvalue weighted by Crippen LogP contribution is -2.66. The third kappa shape index (κ3) is 50.0. The smallest absolute Gasteiger partial charge is 0.480 e. The molecule has 0 saturated carbocycles. The van der Waals surface area contributed by atoms with E-state index in [2.05, 4.69) is 173 Å². The number of carbonyl (C=O) groups excluding carboxylic acids is 6. The van der Waals surface area contributed by atoms with Crippen LogP contribution in [0.1, 0.15) is 278 Å². The highest BCUT2D eigenvalue weighted by Crippen LogP contribution is 2.61. The summed E-state index contributed by atoms with van der Waals surface area (Å²) >= 11 is 0. The molecule has 1 saturated heterocycles. The lowest BCUT2D eigenvalue weighted by molar-refractivity contribution is -0.261. The van der Waals surface area contributed by atoms with Gasteiger partial charge in [-0.15, -0.1) is 0 Å². The SMILES string of the molecule is CC(=O)N[C@H]1[C@@H](OP(=O)(O)OP(=O)(O)OC/C=C(/C)CC/C=C(/C)CC/C=C(/C)CC/C=C(/C)CC/C=C(/C)CC/C=C(/C)CC/C=C(/C)CC/C=C(/C)CC/C=C(\C)CC/C=C(\C)CCC=C(C)C)O[C@H](CO)[C@@H](O)[C@@H]1O[C@H](C)C(=O)N[C@@H](C)C(=O)N[C@H](CCC(=O)N[C@@H](CCCCN)C(=O)N[C@H](C)C(=O)N[C@H](C)C(=O)O)C(=O)O. The van der Waals surface area contributed by atoms with Crippen LogP contribution in [0.5, 0.6) is 0 Å². The Kier molecular flexibility index (Phi) is 54.2. The van der Waals surface area contributed by atoms with E-state index >= 15 is 0 Å². The van der Waals surface area contributed by atoms with Crippen LogP contribution in [0.3, 0.4) is 0 Å². The monoisotopic (exact) mass is 1670 g/mol.